The number of nitro benzene ring substituents is 1. The van der Waals surface area contributed by atoms with Crippen LogP contribution in [0.5, 0.6) is 0 Å². The molecule has 1 aromatic carbocycles. The number of aromatic nitrogens is 1. The normalized spacial score (nSPS) is 10.6. The third kappa shape index (κ3) is 2.65. The molecule has 94 valence electrons. The van der Waals surface area contributed by atoms with Crippen molar-refractivity contribution in [2.75, 3.05) is 0 Å². The third-order valence-electron chi connectivity index (χ3n) is 2.32. The number of hydrogen-bond donors (Lipinski definition) is 0. The zero-order valence-corrected chi connectivity index (χ0v) is 11.2. The Labute approximate surface area is 112 Å². The lowest BCUT2D eigenvalue weighted by atomic mass is 10.3. The molecule has 0 aliphatic carbocycles. The number of oxazole rings is 1. The Morgan fingerprint density at radius 2 is 2.17 bits per heavy atom. The first-order chi connectivity index (χ1) is 8.47. The van der Waals surface area contributed by atoms with Crippen LogP contribution in [0.4, 0.5) is 5.69 Å². The van der Waals surface area contributed by atoms with Gasteiger partial charge in [0.1, 0.15) is 5.76 Å². The molecule has 1 aromatic heterocycles. The Morgan fingerprint density at radius 3 is 2.72 bits per heavy atom. The van der Waals surface area contributed by atoms with Gasteiger partial charge in [-0.2, -0.15) is 0 Å². The minimum absolute atomic E-state index is 0.0546. The Bertz CT molecular complexity index is 593. The fraction of sp³-hybridized carbons (Fsp3) is 0.182. The topological polar surface area (TPSA) is 69.2 Å². The SMILES string of the molecule is Cc1nc(Sc2ccc(Cl)cc2[N+](=O)[O-])oc1C. The van der Waals surface area contributed by atoms with Crippen molar-refractivity contribution in [3.63, 3.8) is 0 Å². The van der Waals surface area contributed by atoms with Crippen molar-refractivity contribution in [1.29, 1.82) is 0 Å². The van der Waals surface area contributed by atoms with Gasteiger partial charge in [0.15, 0.2) is 0 Å². The van der Waals surface area contributed by atoms with E-state index in [9.17, 15) is 10.1 Å². The molecule has 1 heterocycles. The zero-order chi connectivity index (χ0) is 13.3. The van der Waals surface area contributed by atoms with Crippen LogP contribution >= 0.6 is 23.4 Å². The van der Waals surface area contributed by atoms with E-state index in [-0.39, 0.29) is 5.69 Å². The lowest BCUT2D eigenvalue weighted by molar-refractivity contribution is -0.387. The molecule has 0 aliphatic rings. The van der Waals surface area contributed by atoms with E-state index in [4.69, 9.17) is 16.0 Å². The van der Waals surface area contributed by atoms with E-state index in [0.29, 0.717) is 20.9 Å². The van der Waals surface area contributed by atoms with Gasteiger partial charge in [0, 0.05) is 11.1 Å². The minimum Gasteiger partial charge on any atom is -0.436 e. The van der Waals surface area contributed by atoms with Gasteiger partial charge in [-0.05, 0) is 37.7 Å². The molecular weight excluding hydrogens is 276 g/mol. The molecule has 0 radical (unpaired) electrons. The van der Waals surface area contributed by atoms with Gasteiger partial charge in [-0.15, -0.1) is 0 Å². The molecule has 0 saturated heterocycles. The molecule has 0 amide bonds. The maximum atomic E-state index is 10.9. The summed E-state index contributed by atoms with van der Waals surface area (Å²) in [6.07, 6.45) is 0. The van der Waals surface area contributed by atoms with Crippen LogP contribution in [0.1, 0.15) is 11.5 Å². The highest BCUT2D eigenvalue weighted by atomic mass is 35.5. The highest BCUT2D eigenvalue weighted by Gasteiger charge is 2.18. The maximum absolute atomic E-state index is 10.9. The second kappa shape index (κ2) is 4.99. The van der Waals surface area contributed by atoms with Crippen LogP contribution in [0, 0.1) is 24.0 Å². The van der Waals surface area contributed by atoms with Crippen LogP contribution in [-0.4, -0.2) is 9.91 Å². The standard InChI is InChI=1S/C11H9ClN2O3S/c1-6-7(2)17-11(13-6)18-10-4-3-8(12)5-9(10)14(15)16/h3-5H,1-2H3. The number of nitrogens with zero attached hydrogens (tertiary/aromatic N) is 2. The van der Waals surface area contributed by atoms with Crippen LogP contribution in [-0.2, 0) is 0 Å². The van der Waals surface area contributed by atoms with Crippen molar-refractivity contribution < 1.29 is 9.34 Å². The number of aryl methyl sites for hydroxylation is 2. The Balaban J connectivity index is 2.36. The summed E-state index contributed by atoms with van der Waals surface area (Å²) < 4.78 is 5.38. The van der Waals surface area contributed by atoms with Crippen LogP contribution in [0.25, 0.3) is 0 Å². The lowest BCUT2D eigenvalue weighted by Crippen LogP contribution is -1.90. The fourth-order valence-electron chi connectivity index (χ4n) is 1.30. The molecule has 5 nitrogen and oxygen atoms in total. The number of nitro groups is 1. The number of hydrogen-bond acceptors (Lipinski definition) is 5. The smallest absolute Gasteiger partial charge is 0.284 e. The Hall–Kier alpha value is -1.53. The van der Waals surface area contributed by atoms with Gasteiger partial charge in [0.05, 0.1) is 15.5 Å². The summed E-state index contributed by atoms with van der Waals surface area (Å²) in [7, 11) is 0. The van der Waals surface area contributed by atoms with Gasteiger partial charge in [-0.1, -0.05) is 11.6 Å². The lowest BCUT2D eigenvalue weighted by Gasteiger charge is -2.00. The molecule has 2 aromatic rings. The van der Waals surface area contributed by atoms with E-state index in [0.717, 1.165) is 17.5 Å². The summed E-state index contributed by atoms with van der Waals surface area (Å²) in [6, 6.07) is 4.49. The molecule has 0 atom stereocenters. The summed E-state index contributed by atoms with van der Waals surface area (Å²) in [5.74, 6) is 0.703. The fourth-order valence-corrected chi connectivity index (χ4v) is 2.38. The van der Waals surface area contributed by atoms with Gasteiger partial charge in [-0.25, -0.2) is 4.98 Å². The molecule has 18 heavy (non-hydrogen) atoms. The van der Waals surface area contributed by atoms with Crippen LogP contribution in [0.15, 0.2) is 32.7 Å². The van der Waals surface area contributed by atoms with E-state index < -0.39 is 4.92 Å². The quantitative estimate of drug-likeness (QED) is 0.629. The van der Waals surface area contributed by atoms with Crippen molar-refractivity contribution in [3.8, 4) is 0 Å². The van der Waals surface area contributed by atoms with Crippen molar-refractivity contribution in [1.82, 2.24) is 4.98 Å². The average Bonchev–Trinajstić information content (AvgIpc) is 2.60. The zero-order valence-electron chi connectivity index (χ0n) is 9.64. The second-order valence-corrected chi connectivity index (χ2v) is 5.02. The van der Waals surface area contributed by atoms with Gasteiger partial charge < -0.3 is 4.42 Å². The predicted molar refractivity (Wildman–Crippen MR) is 68.2 cm³/mol. The average molecular weight is 285 g/mol. The first kappa shape index (κ1) is 12.9. The molecule has 0 spiro atoms. The van der Waals surface area contributed by atoms with Crippen LogP contribution in [0.2, 0.25) is 5.02 Å². The first-order valence-corrected chi connectivity index (χ1v) is 6.22. The minimum atomic E-state index is -0.475. The predicted octanol–water partition coefficient (Wildman–Crippen LogP) is 4.00. The maximum Gasteiger partial charge on any atom is 0.284 e. The van der Waals surface area contributed by atoms with Crippen LogP contribution < -0.4 is 0 Å². The molecule has 7 heteroatoms. The van der Waals surface area contributed by atoms with E-state index in [1.165, 1.54) is 6.07 Å². The monoisotopic (exact) mass is 284 g/mol. The first-order valence-electron chi connectivity index (χ1n) is 5.03. The van der Waals surface area contributed by atoms with E-state index in [1.54, 1.807) is 19.1 Å². The van der Waals surface area contributed by atoms with Crippen molar-refractivity contribution >= 4 is 29.1 Å². The number of rotatable bonds is 3. The highest BCUT2D eigenvalue weighted by molar-refractivity contribution is 7.99. The van der Waals surface area contributed by atoms with E-state index >= 15 is 0 Å². The summed E-state index contributed by atoms with van der Waals surface area (Å²) >= 11 is 6.85. The molecular formula is C11H9ClN2O3S. The highest BCUT2D eigenvalue weighted by Crippen LogP contribution is 2.36. The third-order valence-corrected chi connectivity index (χ3v) is 3.47. The van der Waals surface area contributed by atoms with Crippen molar-refractivity contribution in [2.24, 2.45) is 0 Å². The van der Waals surface area contributed by atoms with E-state index in [2.05, 4.69) is 4.98 Å². The van der Waals surface area contributed by atoms with Crippen molar-refractivity contribution in [3.05, 3.63) is 44.8 Å². The summed E-state index contributed by atoms with van der Waals surface area (Å²) in [6.45, 7) is 3.61. The molecule has 0 bridgehead atoms. The van der Waals surface area contributed by atoms with Crippen LogP contribution in [0.3, 0.4) is 0 Å². The molecule has 0 saturated carbocycles. The van der Waals surface area contributed by atoms with Gasteiger partial charge >= 0.3 is 0 Å². The molecule has 0 N–H and O–H groups in total. The Kier molecular flexibility index (Phi) is 3.58. The summed E-state index contributed by atoms with van der Waals surface area (Å²) in [5.41, 5.74) is 0.718. The summed E-state index contributed by atoms with van der Waals surface area (Å²) in [4.78, 5) is 15.1. The Morgan fingerprint density at radius 1 is 1.44 bits per heavy atom. The van der Waals surface area contributed by atoms with Gasteiger partial charge in [0.25, 0.3) is 10.9 Å². The number of benzene rings is 1. The van der Waals surface area contributed by atoms with Gasteiger partial charge in [-0.3, -0.25) is 10.1 Å². The molecule has 0 unspecified atom stereocenters. The summed E-state index contributed by atoms with van der Waals surface area (Å²) in [5, 5.41) is 11.6. The number of halogens is 1. The molecule has 2 rings (SSSR count). The van der Waals surface area contributed by atoms with Crippen molar-refractivity contribution in [2.45, 2.75) is 24.0 Å². The van der Waals surface area contributed by atoms with E-state index in [1.807, 2.05) is 6.92 Å². The molecule has 0 aliphatic heterocycles. The largest absolute Gasteiger partial charge is 0.436 e. The molecule has 0 fully saturated rings. The van der Waals surface area contributed by atoms with Gasteiger partial charge in [0.2, 0.25) is 0 Å². The second-order valence-electron chi connectivity index (χ2n) is 3.59.